The van der Waals surface area contributed by atoms with Crippen molar-refractivity contribution < 1.29 is 19.1 Å². The maximum absolute atomic E-state index is 12.6. The Morgan fingerprint density at radius 3 is 2.72 bits per heavy atom. The van der Waals surface area contributed by atoms with Crippen molar-refractivity contribution in [1.29, 1.82) is 0 Å². The van der Waals surface area contributed by atoms with E-state index in [-0.39, 0.29) is 43.2 Å². The number of para-hydroxylation sites is 2. The molecule has 0 saturated heterocycles. The Morgan fingerprint density at radius 1 is 1.14 bits per heavy atom. The molecule has 0 atom stereocenters. The van der Waals surface area contributed by atoms with Crippen LogP contribution in [0.2, 0.25) is 0 Å². The lowest BCUT2D eigenvalue weighted by Crippen LogP contribution is -2.42. The molecule has 0 unspecified atom stereocenters. The number of carbonyl (C=O) groups excluding carboxylic acids is 3. The monoisotopic (exact) mass is 395 g/mol. The molecule has 0 fully saturated rings. The van der Waals surface area contributed by atoms with Gasteiger partial charge in [-0.1, -0.05) is 24.3 Å². The number of ether oxygens (including phenoxy) is 1. The summed E-state index contributed by atoms with van der Waals surface area (Å²) < 4.78 is 5.58. The number of anilines is 3. The van der Waals surface area contributed by atoms with Crippen LogP contribution in [0, 0.1) is 0 Å². The minimum atomic E-state index is -0.262. The van der Waals surface area contributed by atoms with Crippen LogP contribution in [0.3, 0.4) is 0 Å². The van der Waals surface area contributed by atoms with Crippen molar-refractivity contribution in [2.45, 2.75) is 39.4 Å². The second-order valence-electron chi connectivity index (χ2n) is 7.15. The van der Waals surface area contributed by atoms with Crippen LogP contribution in [0.5, 0.6) is 0 Å². The molecule has 0 spiro atoms. The van der Waals surface area contributed by atoms with Crippen molar-refractivity contribution in [1.82, 2.24) is 0 Å². The van der Waals surface area contributed by atoms with Crippen LogP contribution in [-0.2, 0) is 25.7 Å². The third kappa shape index (κ3) is 5.65. The Kier molecular flexibility index (Phi) is 6.61. The Hall–Kier alpha value is -3.19. The molecule has 0 radical (unpaired) electrons. The zero-order valence-corrected chi connectivity index (χ0v) is 16.6. The molecule has 0 saturated carbocycles. The summed E-state index contributed by atoms with van der Waals surface area (Å²) in [5.41, 5.74) is 2.87. The average Bonchev–Trinajstić information content (AvgIpc) is 2.70. The van der Waals surface area contributed by atoms with Crippen molar-refractivity contribution in [3.05, 3.63) is 54.1 Å². The molecule has 1 aliphatic heterocycles. The third-order valence-corrected chi connectivity index (χ3v) is 4.43. The van der Waals surface area contributed by atoms with Crippen molar-refractivity contribution >= 4 is 34.8 Å². The van der Waals surface area contributed by atoms with E-state index in [2.05, 4.69) is 10.6 Å². The third-order valence-electron chi connectivity index (χ3n) is 4.43. The van der Waals surface area contributed by atoms with E-state index in [4.69, 9.17) is 4.74 Å². The number of hydrogen-bond donors (Lipinski definition) is 2. The fraction of sp³-hybridized carbons (Fsp3) is 0.318. The van der Waals surface area contributed by atoms with Gasteiger partial charge in [-0.25, -0.2) is 0 Å². The van der Waals surface area contributed by atoms with Crippen LogP contribution >= 0.6 is 0 Å². The molecule has 152 valence electrons. The summed E-state index contributed by atoms with van der Waals surface area (Å²) in [4.78, 5) is 38.2. The molecule has 2 N–H and O–H groups in total. The van der Waals surface area contributed by atoms with Crippen molar-refractivity contribution in [3.8, 4) is 0 Å². The fourth-order valence-corrected chi connectivity index (χ4v) is 3.04. The summed E-state index contributed by atoms with van der Waals surface area (Å²) >= 11 is 0. The molecule has 0 bridgehead atoms. The van der Waals surface area contributed by atoms with Crippen LogP contribution < -0.4 is 15.5 Å². The number of nitrogens with zero attached hydrogens (tertiary/aromatic N) is 1. The zero-order valence-electron chi connectivity index (χ0n) is 16.6. The summed E-state index contributed by atoms with van der Waals surface area (Å²) in [6.07, 6.45) is 0.177. The van der Waals surface area contributed by atoms with Gasteiger partial charge in [0, 0.05) is 18.5 Å². The quantitative estimate of drug-likeness (QED) is 0.753. The van der Waals surface area contributed by atoms with Gasteiger partial charge >= 0.3 is 0 Å². The van der Waals surface area contributed by atoms with E-state index in [1.807, 2.05) is 32.0 Å². The Labute approximate surface area is 170 Å². The first-order valence-corrected chi connectivity index (χ1v) is 9.62. The largest absolute Gasteiger partial charge is 0.374 e. The van der Waals surface area contributed by atoms with Gasteiger partial charge in [0.05, 0.1) is 24.1 Å². The number of rotatable bonds is 7. The van der Waals surface area contributed by atoms with Gasteiger partial charge in [-0.3, -0.25) is 14.4 Å². The molecular weight excluding hydrogens is 370 g/mol. The second kappa shape index (κ2) is 9.34. The van der Waals surface area contributed by atoms with Gasteiger partial charge in [-0.05, 0) is 43.7 Å². The molecule has 3 rings (SSSR count). The van der Waals surface area contributed by atoms with Gasteiger partial charge in [0.2, 0.25) is 17.7 Å². The van der Waals surface area contributed by atoms with E-state index in [9.17, 15) is 14.4 Å². The Bertz CT molecular complexity index is 910. The van der Waals surface area contributed by atoms with E-state index < -0.39 is 0 Å². The summed E-state index contributed by atoms with van der Waals surface area (Å²) in [5.74, 6) is -0.765. The average molecular weight is 395 g/mol. The van der Waals surface area contributed by atoms with E-state index in [1.165, 1.54) is 4.90 Å². The van der Waals surface area contributed by atoms with Gasteiger partial charge in [0.15, 0.2) is 0 Å². The number of hydrogen-bond acceptors (Lipinski definition) is 4. The number of benzene rings is 2. The Balaban J connectivity index is 1.55. The topological polar surface area (TPSA) is 87.7 Å². The number of carbonyl (C=O) groups is 3. The lowest BCUT2D eigenvalue weighted by Gasteiger charge is -2.29. The molecule has 2 aromatic carbocycles. The second-order valence-corrected chi connectivity index (χ2v) is 7.15. The summed E-state index contributed by atoms with van der Waals surface area (Å²) in [6.45, 7) is 4.35. The molecule has 7 heteroatoms. The Morgan fingerprint density at radius 2 is 1.93 bits per heavy atom. The van der Waals surface area contributed by atoms with Crippen LogP contribution in [0.1, 0.15) is 32.3 Å². The van der Waals surface area contributed by atoms with Crippen LogP contribution in [0.4, 0.5) is 17.1 Å². The number of nitrogens with one attached hydrogen (secondary N) is 2. The molecule has 7 nitrogen and oxygen atoms in total. The van der Waals surface area contributed by atoms with Gasteiger partial charge in [0.25, 0.3) is 0 Å². The highest BCUT2D eigenvalue weighted by Crippen LogP contribution is 2.29. The first-order chi connectivity index (χ1) is 13.9. The summed E-state index contributed by atoms with van der Waals surface area (Å²) in [5, 5.41) is 5.55. The molecular formula is C22H25N3O4. The van der Waals surface area contributed by atoms with Gasteiger partial charge in [-0.15, -0.1) is 0 Å². The number of fused-ring (bicyclic) bond motifs is 1. The highest BCUT2D eigenvalue weighted by atomic mass is 16.5. The van der Waals surface area contributed by atoms with Crippen LogP contribution in [0.15, 0.2) is 48.5 Å². The predicted molar refractivity (Wildman–Crippen MR) is 112 cm³/mol. The normalized spacial score (nSPS) is 13.1. The summed E-state index contributed by atoms with van der Waals surface area (Å²) in [7, 11) is 0. The zero-order chi connectivity index (χ0) is 20.8. The van der Waals surface area contributed by atoms with Crippen LogP contribution in [0.25, 0.3) is 0 Å². The molecule has 2 aromatic rings. The highest BCUT2D eigenvalue weighted by Gasteiger charge is 2.26. The van der Waals surface area contributed by atoms with Gasteiger partial charge in [-0.2, -0.15) is 0 Å². The van der Waals surface area contributed by atoms with Crippen molar-refractivity contribution in [2.24, 2.45) is 0 Å². The fourth-order valence-electron chi connectivity index (χ4n) is 3.04. The van der Waals surface area contributed by atoms with Crippen LogP contribution in [-0.4, -0.2) is 30.4 Å². The van der Waals surface area contributed by atoms with Gasteiger partial charge in [0.1, 0.15) is 6.54 Å². The molecule has 1 aliphatic rings. The van der Waals surface area contributed by atoms with E-state index in [0.717, 1.165) is 5.56 Å². The predicted octanol–water partition coefficient (Wildman–Crippen LogP) is 3.32. The van der Waals surface area contributed by atoms with Crippen molar-refractivity contribution in [3.63, 3.8) is 0 Å². The maximum atomic E-state index is 12.6. The van der Waals surface area contributed by atoms with Crippen molar-refractivity contribution in [2.75, 3.05) is 22.1 Å². The minimum absolute atomic E-state index is 0.0175. The minimum Gasteiger partial charge on any atom is -0.374 e. The molecule has 1 heterocycles. The first kappa shape index (κ1) is 20.5. The lowest BCUT2D eigenvalue weighted by atomic mass is 10.1. The standard InChI is InChI=1S/C22H25N3O4/c1-15(2)29-14-16-6-5-7-17(12-16)23-20(26)10-11-22(28)25-13-21(27)24-18-8-3-4-9-19(18)25/h3-9,12,15H,10-11,13-14H2,1-2H3,(H,23,26)(H,24,27). The molecule has 0 aliphatic carbocycles. The lowest BCUT2D eigenvalue weighted by molar-refractivity contribution is -0.124. The van der Waals surface area contributed by atoms with E-state index >= 15 is 0 Å². The maximum Gasteiger partial charge on any atom is 0.244 e. The van der Waals surface area contributed by atoms with E-state index in [1.54, 1.807) is 30.3 Å². The summed E-state index contributed by atoms with van der Waals surface area (Å²) in [6, 6.07) is 14.5. The number of amides is 3. The van der Waals surface area contributed by atoms with E-state index in [0.29, 0.717) is 23.7 Å². The molecule has 29 heavy (non-hydrogen) atoms. The van der Waals surface area contributed by atoms with Gasteiger partial charge < -0.3 is 20.3 Å². The smallest absolute Gasteiger partial charge is 0.244 e. The highest BCUT2D eigenvalue weighted by molar-refractivity contribution is 6.10. The first-order valence-electron chi connectivity index (χ1n) is 9.62. The SMILES string of the molecule is CC(C)OCc1cccc(NC(=O)CCC(=O)N2CC(=O)Nc3ccccc32)c1. The molecule has 0 aromatic heterocycles. The molecule has 3 amide bonds.